The molecule has 0 aromatic heterocycles. The molecule has 0 saturated heterocycles. The van der Waals surface area contributed by atoms with E-state index in [2.05, 4.69) is 4.74 Å². The average Bonchev–Trinajstić information content (AvgIpc) is 2.30. The molecular weight excluding hydrogens is 140 g/mol. The number of ketones is 1. The first-order chi connectivity index (χ1) is 9.27. The van der Waals surface area contributed by atoms with Crippen molar-refractivity contribution in [3.8, 4) is 5.75 Å². The first-order valence-corrected chi connectivity index (χ1v) is 2.61. The fraction of sp³-hybridized carbons (Fsp3) is 0.222. The van der Waals surface area contributed by atoms with E-state index in [1.54, 1.807) is 0 Å². The van der Waals surface area contributed by atoms with E-state index < -0.39 is 55.2 Å². The molecule has 0 radical (unpaired) electrons. The summed E-state index contributed by atoms with van der Waals surface area (Å²) in [6.07, 6.45) is 0. The largest absolute Gasteiger partial charge is 0.497 e. The molecule has 1 aromatic carbocycles. The molecule has 0 bridgehead atoms. The van der Waals surface area contributed by atoms with Gasteiger partial charge < -0.3 is 4.74 Å². The van der Waals surface area contributed by atoms with Crippen LogP contribution in [0.4, 0.5) is 0 Å². The van der Waals surface area contributed by atoms with Crippen LogP contribution in [-0.2, 0) is 0 Å². The minimum Gasteiger partial charge on any atom is -0.497 e. The van der Waals surface area contributed by atoms with E-state index >= 15 is 0 Å². The number of Topliss-reactive ketones (excluding diaryl/α,β-unsaturated/α-hetero) is 1. The van der Waals surface area contributed by atoms with Crippen LogP contribution < -0.4 is 4.74 Å². The maximum Gasteiger partial charge on any atom is 0.159 e. The summed E-state index contributed by atoms with van der Waals surface area (Å²) in [6.45, 7) is -3.14. The van der Waals surface area contributed by atoms with E-state index in [9.17, 15) is 4.79 Å². The second-order valence-corrected chi connectivity index (χ2v) is 1.64. The van der Waals surface area contributed by atoms with Crippen LogP contribution in [-0.4, -0.2) is 12.8 Å². The van der Waals surface area contributed by atoms with Crippen LogP contribution in [0.1, 0.15) is 30.9 Å². The number of methoxy groups -OCH3 is 1. The Bertz CT molecular complexity index is 557. The Labute approximate surface area is 79.9 Å². The van der Waals surface area contributed by atoms with Gasteiger partial charge in [-0.05, 0) is 31.0 Å². The molecule has 0 spiro atoms. The van der Waals surface area contributed by atoms with Crippen LogP contribution in [0.25, 0.3) is 0 Å². The zero-order valence-corrected chi connectivity index (χ0v) is 5.32. The Morgan fingerprint density at radius 1 is 1.55 bits per heavy atom. The summed E-state index contributed by atoms with van der Waals surface area (Å²) in [5, 5.41) is 0. The third-order valence-corrected chi connectivity index (χ3v) is 0.931. The molecule has 0 aliphatic carbocycles. The number of hydrogen-bond acceptors (Lipinski definition) is 2. The Hall–Kier alpha value is -1.31. The van der Waals surface area contributed by atoms with Crippen molar-refractivity contribution in [1.82, 2.24) is 0 Å². The molecule has 2 heteroatoms. The summed E-state index contributed by atoms with van der Waals surface area (Å²) in [5.41, 5.74) is -0.928. The molecule has 0 unspecified atom stereocenters. The van der Waals surface area contributed by atoms with Crippen molar-refractivity contribution < 1.29 is 23.2 Å². The van der Waals surface area contributed by atoms with Crippen LogP contribution in [0.15, 0.2) is 24.2 Å². The summed E-state index contributed by atoms with van der Waals surface area (Å²) in [5.74, 6) is -2.42. The van der Waals surface area contributed by atoms with E-state index in [4.69, 9.17) is 13.7 Å². The van der Waals surface area contributed by atoms with Crippen molar-refractivity contribution in [2.75, 3.05) is 7.04 Å². The number of rotatable bonds is 2. The van der Waals surface area contributed by atoms with Crippen molar-refractivity contribution in [2.24, 2.45) is 0 Å². The van der Waals surface area contributed by atoms with Gasteiger partial charge in [0.25, 0.3) is 0 Å². The van der Waals surface area contributed by atoms with E-state index in [1.165, 1.54) is 0 Å². The van der Waals surface area contributed by atoms with E-state index in [0.29, 0.717) is 0 Å². The van der Waals surface area contributed by atoms with Gasteiger partial charge >= 0.3 is 0 Å². The maximum absolute atomic E-state index is 11.7. The van der Waals surface area contributed by atoms with Gasteiger partial charge in [0.05, 0.1) is 16.6 Å². The Morgan fingerprint density at radius 3 is 2.82 bits per heavy atom. The fourth-order valence-corrected chi connectivity index (χ4v) is 0.466. The summed E-state index contributed by atoms with van der Waals surface area (Å²) >= 11 is 0. The van der Waals surface area contributed by atoms with Crippen molar-refractivity contribution in [2.45, 2.75) is 6.85 Å². The van der Waals surface area contributed by atoms with Gasteiger partial charge in [0.15, 0.2) is 5.78 Å². The molecule has 0 heterocycles. The molecule has 58 valence electrons. The first kappa shape index (κ1) is 1.89. The average molecular weight is 160 g/mol. The van der Waals surface area contributed by atoms with Crippen LogP contribution in [0.5, 0.6) is 5.75 Å². The van der Waals surface area contributed by atoms with Crippen LogP contribution in [0.2, 0.25) is 0 Å². The van der Waals surface area contributed by atoms with Gasteiger partial charge in [0, 0.05) is 9.68 Å². The number of ether oxygens (including phenoxy) is 1. The monoisotopic (exact) mass is 160 g/mol. The highest BCUT2D eigenvalue weighted by molar-refractivity contribution is 5.94. The maximum atomic E-state index is 11.7. The molecule has 1 aromatic rings. The van der Waals surface area contributed by atoms with Gasteiger partial charge in [-0.2, -0.15) is 0 Å². The lowest BCUT2D eigenvalue weighted by Crippen LogP contribution is -1.91. The fourth-order valence-electron chi connectivity index (χ4n) is 0.466. The predicted molar refractivity (Wildman–Crippen MR) is 43.0 cm³/mol. The molecular formula is C9H10O2. The van der Waals surface area contributed by atoms with Gasteiger partial charge in [-0.3, -0.25) is 4.79 Å². The Morgan fingerprint density at radius 2 is 2.27 bits per heavy atom. The zero-order valence-electron chi connectivity index (χ0n) is 15.3. The number of carbonyl (C=O) groups excluding carboxylic acids is 1. The van der Waals surface area contributed by atoms with Crippen molar-refractivity contribution in [1.29, 1.82) is 0 Å². The molecule has 0 amide bonds. The predicted octanol–water partition coefficient (Wildman–Crippen LogP) is 1.90. The van der Waals surface area contributed by atoms with E-state index in [1.807, 2.05) is 0 Å². The van der Waals surface area contributed by atoms with Crippen LogP contribution in [0, 0.1) is 0 Å². The quantitative estimate of drug-likeness (QED) is 0.618. The molecule has 0 aliphatic rings. The minimum absolute atomic E-state index is 0.868. The van der Waals surface area contributed by atoms with E-state index in [0.717, 1.165) is 0 Å². The highest BCUT2D eigenvalue weighted by Gasteiger charge is 1.97. The molecule has 0 aliphatic heterocycles. The van der Waals surface area contributed by atoms with Crippen LogP contribution in [0.3, 0.4) is 0 Å². The standard InChI is InChI=1S/C9H10O2/c1-7(10)8-3-5-9(11-2)6-4-8/h3-6H,1-2H3/i1D3,2D3,3D,4D,5D,6D. The number of hydrogen-bond donors (Lipinski definition) is 0. The minimum atomic E-state index is -3.14. The molecule has 0 fully saturated rings. The van der Waals surface area contributed by atoms with Gasteiger partial charge in [0.1, 0.15) is 5.75 Å². The lowest BCUT2D eigenvalue weighted by Gasteiger charge is -1.98. The third-order valence-electron chi connectivity index (χ3n) is 0.931. The summed E-state index contributed by atoms with van der Waals surface area (Å²) in [4.78, 5) is 11.7. The lowest BCUT2D eigenvalue weighted by molar-refractivity contribution is 0.101. The first-order valence-electron chi connectivity index (χ1n) is 7.61. The SMILES string of the molecule is [2H]c1c([2H])c(C(=O)C([2H])([2H])[2H])c([2H])c([2H])c1OC([2H])([2H])[2H]. The highest BCUT2D eigenvalue weighted by atomic mass is 16.5. The Kier molecular flexibility index (Phi) is 0.548. The van der Waals surface area contributed by atoms with E-state index in [-0.39, 0.29) is 0 Å². The smallest absolute Gasteiger partial charge is 0.159 e. The summed E-state index contributed by atoms with van der Waals surface area (Å²) in [6, 6.07) is -3.78. The topological polar surface area (TPSA) is 26.3 Å². The van der Waals surface area contributed by atoms with Gasteiger partial charge in [-0.1, -0.05) is 0 Å². The molecule has 0 atom stereocenters. The summed E-state index contributed by atoms with van der Waals surface area (Å²) in [7, 11) is -3.01. The highest BCUT2D eigenvalue weighted by Crippen LogP contribution is 2.11. The van der Waals surface area contributed by atoms with Crippen molar-refractivity contribution >= 4 is 5.78 Å². The van der Waals surface area contributed by atoms with Gasteiger partial charge in [0.2, 0.25) is 0 Å². The van der Waals surface area contributed by atoms with Gasteiger partial charge in [-0.15, -0.1) is 0 Å². The molecule has 1 rings (SSSR count). The second kappa shape index (κ2) is 3.19. The third kappa shape index (κ3) is 1.80. The Balaban J connectivity index is 3.58. The molecule has 2 nitrogen and oxygen atoms in total. The zero-order chi connectivity index (χ0) is 16.7. The lowest BCUT2D eigenvalue weighted by atomic mass is 10.1. The summed E-state index contributed by atoms with van der Waals surface area (Å²) < 4.78 is 76.3. The van der Waals surface area contributed by atoms with Crippen molar-refractivity contribution in [3.63, 3.8) is 0 Å². The van der Waals surface area contributed by atoms with Crippen LogP contribution >= 0.6 is 0 Å². The molecule has 0 N–H and O–H groups in total. The number of benzene rings is 1. The second-order valence-electron chi connectivity index (χ2n) is 1.64. The van der Waals surface area contributed by atoms with Crippen molar-refractivity contribution in [3.05, 3.63) is 29.7 Å². The molecule has 11 heavy (non-hydrogen) atoms. The molecule has 0 saturated carbocycles. The normalized spacial score (nSPS) is 24.7. The number of carbonyl (C=O) groups is 1. The van der Waals surface area contributed by atoms with Gasteiger partial charge in [-0.25, -0.2) is 0 Å².